The van der Waals surface area contributed by atoms with Crippen LogP contribution in [0.25, 0.3) is 0 Å². The first-order valence-corrected chi connectivity index (χ1v) is 10.5. The second-order valence-electron chi connectivity index (χ2n) is 7.00. The van der Waals surface area contributed by atoms with Crippen molar-refractivity contribution in [3.63, 3.8) is 0 Å². The van der Waals surface area contributed by atoms with Crippen molar-refractivity contribution in [3.05, 3.63) is 35.4 Å². The van der Waals surface area contributed by atoms with Crippen LogP contribution in [0.2, 0.25) is 0 Å². The minimum atomic E-state index is -0.344. The Balaban J connectivity index is 1.56. The lowest BCUT2D eigenvalue weighted by molar-refractivity contribution is -0.129. The fraction of sp³-hybridized carbons (Fsp3) is 0.526. The molecule has 1 aromatic carbocycles. The number of hydrogen-bond acceptors (Lipinski definition) is 5. The molecule has 0 unspecified atom stereocenters. The summed E-state index contributed by atoms with van der Waals surface area (Å²) in [5.41, 5.74) is 1.59. The van der Waals surface area contributed by atoms with Gasteiger partial charge in [-0.1, -0.05) is 31.4 Å². The predicted octanol–water partition coefficient (Wildman–Crippen LogP) is 3.35. The molecule has 2 saturated heterocycles. The highest BCUT2D eigenvalue weighted by Crippen LogP contribution is 2.46. The van der Waals surface area contributed by atoms with E-state index in [-0.39, 0.29) is 29.3 Å². The number of carbonyl (C=O) groups is 2. The van der Waals surface area contributed by atoms with E-state index in [9.17, 15) is 9.59 Å². The largest absolute Gasteiger partial charge is 0.465 e. The number of thioether (sulfide) groups is 1. The van der Waals surface area contributed by atoms with Crippen LogP contribution in [-0.2, 0) is 9.53 Å². The highest BCUT2D eigenvalue weighted by atomic mass is 32.2. The van der Waals surface area contributed by atoms with Crippen LogP contribution in [0, 0.1) is 0 Å². The van der Waals surface area contributed by atoms with Crippen LogP contribution in [0.1, 0.15) is 53.4 Å². The van der Waals surface area contributed by atoms with E-state index < -0.39 is 0 Å². The number of hydrogen-bond donors (Lipinski definition) is 0. The Kier molecular flexibility index (Phi) is 4.92. The Bertz CT molecular complexity index is 731. The highest BCUT2D eigenvalue weighted by Gasteiger charge is 2.52. The molecule has 0 bridgehead atoms. The zero-order valence-electron chi connectivity index (χ0n) is 14.7. The number of nitrogens with zero attached hydrogens (tertiary/aromatic N) is 2. The Morgan fingerprint density at radius 3 is 2.54 bits per heavy atom. The van der Waals surface area contributed by atoms with Gasteiger partial charge in [0.05, 0.1) is 12.7 Å². The number of methoxy groups -OCH3 is 1. The molecule has 2 atom stereocenters. The standard InChI is InChI=1S/C19H22N2O3S2/c1-24-18(23)13-9-7-12(8-10-13)17-21-15(11-26-17)16(22)20(19(21)25)14-5-3-2-4-6-14/h7-10,14-15,17H,2-6,11H2,1H3/t15-,17+/m1/s1. The van der Waals surface area contributed by atoms with Crippen molar-refractivity contribution in [2.75, 3.05) is 12.9 Å². The van der Waals surface area contributed by atoms with E-state index in [2.05, 4.69) is 4.90 Å². The molecule has 1 aromatic rings. The minimum absolute atomic E-state index is 0.0248. The van der Waals surface area contributed by atoms with Crippen molar-refractivity contribution < 1.29 is 14.3 Å². The van der Waals surface area contributed by atoms with Crippen LogP contribution in [0.3, 0.4) is 0 Å². The van der Waals surface area contributed by atoms with E-state index in [0.29, 0.717) is 10.7 Å². The van der Waals surface area contributed by atoms with Gasteiger partial charge in [-0.15, -0.1) is 11.8 Å². The molecule has 5 nitrogen and oxygen atoms in total. The van der Waals surface area contributed by atoms with Gasteiger partial charge in [-0.2, -0.15) is 0 Å². The van der Waals surface area contributed by atoms with Gasteiger partial charge in [0, 0.05) is 11.8 Å². The Labute approximate surface area is 163 Å². The number of carbonyl (C=O) groups excluding carboxylic acids is 2. The van der Waals surface area contributed by atoms with Gasteiger partial charge >= 0.3 is 5.97 Å². The molecule has 4 rings (SSSR count). The maximum Gasteiger partial charge on any atom is 0.337 e. The van der Waals surface area contributed by atoms with Gasteiger partial charge in [-0.25, -0.2) is 4.79 Å². The Morgan fingerprint density at radius 1 is 1.19 bits per heavy atom. The fourth-order valence-electron chi connectivity index (χ4n) is 4.14. The third-order valence-electron chi connectivity index (χ3n) is 5.51. The molecule has 138 valence electrons. The second kappa shape index (κ2) is 7.19. The monoisotopic (exact) mass is 390 g/mol. The first-order valence-electron chi connectivity index (χ1n) is 9.07. The van der Waals surface area contributed by atoms with Crippen molar-refractivity contribution in [2.24, 2.45) is 0 Å². The lowest BCUT2D eigenvalue weighted by Gasteiger charge is -2.32. The van der Waals surface area contributed by atoms with Gasteiger partial charge < -0.3 is 9.64 Å². The third-order valence-corrected chi connectivity index (χ3v) is 7.24. The molecule has 3 aliphatic rings. The van der Waals surface area contributed by atoms with Gasteiger partial charge in [0.1, 0.15) is 11.4 Å². The van der Waals surface area contributed by atoms with Gasteiger partial charge in [-0.05, 0) is 42.8 Å². The number of esters is 1. The zero-order chi connectivity index (χ0) is 18.3. The lowest BCUT2D eigenvalue weighted by Crippen LogP contribution is -2.42. The number of fused-ring (bicyclic) bond motifs is 1. The summed E-state index contributed by atoms with van der Waals surface area (Å²) in [7, 11) is 1.38. The summed E-state index contributed by atoms with van der Waals surface area (Å²) in [6, 6.07) is 7.52. The molecular weight excluding hydrogens is 368 g/mol. The Morgan fingerprint density at radius 2 is 1.88 bits per heavy atom. The average Bonchev–Trinajstić information content (AvgIpc) is 3.22. The molecular formula is C19H22N2O3S2. The average molecular weight is 391 g/mol. The van der Waals surface area contributed by atoms with E-state index in [0.717, 1.165) is 24.2 Å². The van der Waals surface area contributed by atoms with Gasteiger partial charge in [0.2, 0.25) is 0 Å². The molecule has 1 amide bonds. The van der Waals surface area contributed by atoms with Crippen LogP contribution in [0.5, 0.6) is 0 Å². The van der Waals surface area contributed by atoms with E-state index in [1.165, 1.54) is 26.4 Å². The van der Waals surface area contributed by atoms with Crippen molar-refractivity contribution >= 4 is 41.0 Å². The number of rotatable bonds is 3. The summed E-state index contributed by atoms with van der Waals surface area (Å²) >= 11 is 7.48. The van der Waals surface area contributed by atoms with Crippen molar-refractivity contribution in [2.45, 2.75) is 49.6 Å². The summed E-state index contributed by atoms with van der Waals surface area (Å²) in [6.07, 6.45) is 5.71. The second-order valence-corrected chi connectivity index (χ2v) is 8.48. The first-order chi connectivity index (χ1) is 12.6. The van der Waals surface area contributed by atoms with Crippen LogP contribution in [0.15, 0.2) is 24.3 Å². The number of benzene rings is 1. The molecule has 0 N–H and O–H groups in total. The topological polar surface area (TPSA) is 49.9 Å². The molecule has 7 heteroatoms. The summed E-state index contributed by atoms with van der Waals surface area (Å²) in [4.78, 5) is 28.6. The molecule has 3 fully saturated rings. The minimum Gasteiger partial charge on any atom is -0.465 e. The Hall–Kier alpha value is -1.60. The third kappa shape index (κ3) is 2.91. The molecule has 26 heavy (non-hydrogen) atoms. The van der Waals surface area contributed by atoms with E-state index in [1.54, 1.807) is 23.9 Å². The number of ether oxygens (including phenoxy) is 1. The van der Waals surface area contributed by atoms with Gasteiger partial charge in [0.25, 0.3) is 5.91 Å². The molecule has 1 saturated carbocycles. The number of thiocarbonyl (C=S) groups is 1. The van der Waals surface area contributed by atoms with E-state index in [1.807, 2.05) is 17.0 Å². The zero-order valence-corrected chi connectivity index (χ0v) is 16.4. The molecule has 0 spiro atoms. The van der Waals surface area contributed by atoms with Crippen molar-refractivity contribution in [1.29, 1.82) is 0 Å². The summed E-state index contributed by atoms with van der Waals surface area (Å²) in [5, 5.41) is 0.704. The maximum absolute atomic E-state index is 13.0. The van der Waals surface area contributed by atoms with Crippen molar-refractivity contribution in [3.8, 4) is 0 Å². The first kappa shape index (κ1) is 17.8. The van der Waals surface area contributed by atoms with E-state index >= 15 is 0 Å². The SMILES string of the molecule is COC(=O)c1ccc([C@@H]2SC[C@@H]3C(=O)N(C4CCCCC4)C(=S)N32)cc1. The van der Waals surface area contributed by atoms with Crippen LogP contribution < -0.4 is 0 Å². The lowest BCUT2D eigenvalue weighted by atomic mass is 9.94. The molecule has 0 aromatic heterocycles. The van der Waals surface area contributed by atoms with Gasteiger partial charge in [0.15, 0.2) is 5.11 Å². The van der Waals surface area contributed by atoms with Gasteiger partial charge in [-0.3, -0.25) is 9.69 Å². The van der Waals surface area contributed by atoms with Crippen LogP contribution in [-0.4, -0.2) is 51.7 Å². The van der Waals surface area contributed by atoms with Crippen molar-refractivity contribution in [1.82, 2.24) is 9.80 Å². The molecule has 2 aliphatic heterocycles. The fourth-order valence-corrected chi connectivity index (χ4v) is 6.11. The number of amides is 1. The molecule has 2 heterocycles. The van der Waals surface area contributed by atoms with Crippen LogP contribution in [0.4, 0.5) is 0 Å². The molecule has 1 aliphatic carbocycles. The molecule has 0 radical (unpaired) electrons. The smallest absolute Gasteiger partial charge is 0.337 e. The highest BCUT2D eigenvalue weighted by molar-refractivity contribution is 7.99. The summed E-state index contributed by atoms with van der Waals surface area (Å²) < 4.78 is 4.76. The normalized spacial score (nSPS) is 26.3. The summed E-state index contributed by atoms with van der Waals surface area (Å²) in [5.74, 6) is 0.581. The summed E-state index contributed by atoms with van der Waals surface area (Å²) in [6.45, 7) is 0. The quantitative estimate of drug-likeness (QED) is 0.583. The van der Waals surface area contributed by atoms with E-state index in [4.69, 9.17) is 17.0 Å². The predicted molar refractivity (Wildman–Crippen MR) is 105 cm³/mol. The maximum atomic E-state index is 13.0. The van der Waals surface area contributed by atoms with Crippen LogP contribution >= 0.6 is 24.0 Å².